The molecule has 32 heavy (non-hydrogen) atoms. The number of aryl methyl sites for hydroxylation is 1. The van der Waals surface area contributed by atoms with E-state index in [1.165, 1.54) is 10.9 Å². The van der Waals surface area contributed by atoms with Crippen LogP contribution in [0.2, 0.25) is 0 Å². The van der Waals surface area contributed by atoms with Crippen LogP contribution in [-0.2, 0) is 17.8 Å². The Morgan fingerprint density at radius 3 is 2.75 bits per heavy atom. The smallest absolute Gasteiger partial charge is 0.264 e. The van der Waals surface area contributed by atoms with Gasteiger partial charge in [0.1, 0.15) is 11.5 Å². The molecule has 0 saturated carbocycles. The molecule has 1 saturated heterocycles. The van der Waals surface area contributed by atoms with Crippen molar-refractivity contribution in [1.82, 2.24) is 20.0 Å². The molecule has 2 aromatic carbocycles. The van der Waals surface area contributed by atoms with Gasteiger partial charge in [0.25, 0.3) is 5.89 Å². The van der Waals surface area contributed by atoms with E-state index in [0.29, 0.717) is 37.0 Å². The summed E-state index contributed by atoms with van der Waals surface area (Å²) in [5, 5.41) is 5.24. The molecule has 3 heterocycles. The van der Waals surface area contributed by atoms with E-state index in [4.69, 9.17) is 14.0 Å². The quantitative estimate of drug-likeness (QED) is 0.456. The molecule has 5 rings (SSSR count). The fourth-order valence-electron chi connectivity index (χ4n) is 3.89. The first-order chi connectivity index (χ1) is 15.7. The zero-order valence-electron chi connectivity index (χ0n) is 17.8. The molecule has 0 spiro atoms. The molecule has 2 aromatic heterocycles. The zero-order chi connectivity index (χ0) is 21.9. The minimum Gasteiger partial charge on any atom is -0.497 e. The van der Waals surface area contributed by atoms with E-state index >= 15 is 0 Å². The van der Waals surface area contributed by atoms with Crippen molar-refractivity contribution in [2.45, 2.75) is 25.4 Å². The molecule has 0 atom stereocenters. The largest absolute Gasteiger partial charge is 0.497 e. The number of carbonyl (C=O) groups is 1. The van der Waals surface area contributed by atoms with Gasteiger partial charge in [-0.15, -0.1) is 0 Å². The second kappa shape index (κ2) is 8.74. The summed E-state index contributed by atoms with van der Waals surface area (Å²) in [5.74, 6) is 2.76. The molecule has 0 bridgehead atoms. The Morgan fingerprint density at radius 2 is 1.94 bits per heavy atom. The number of methoxy groups -OCH3 is 1. The third kappa shape index (κ3) is 4.16. The van der Waals surface area contributed by atoms with Crippen molar-refractivity contribution < 1.29 is 18.8 Å². The number of benzene rings is 2. The lowest BCUT2D eigenvalue weighted by molar-refractivity contribution is -0.135. The molecule has 4 aromatic rings. The van der Waals surface area contributed by atoms with Crippen LogP contribution < -0.4 is 9.47 Å². The second-order valence-electron chi connectivity index (χ2n) is 7.87. The summed E-state index contributed by atoms with van der Waals surface area (Å²) in [5.41, 5.74) is 2.27. The number of carbonyl (C=O) groups excluding carboxylic acids is 1. The highest BCUT2D eigenvalue weighted by Gasteiger charge is 2.34. The molecular formula is C24H24N4O4. The molecule has 1 amide bonds. The van der Waals surface area contributed by atoms with Gasteiger partial charge in [-0.05, 0) is 42.3 Å². The number of nitrogens with one attached hydrogen (secondary N) is 1. The predicted molar refractivity (Wildman–Crippen MR) is 118 cm³/mol. The summed E-state index contributed by atoms with van der Waals surface area (Å²) in [4.78, 5) is 22.1. The van der Waals surface area contributed by atoms with Crippen molar-refractivity contribution >= 4 is 16.8 Å². The van der Waals surface area contributed by atoms with E-state index in [2.05, 4.69) is 21.2 Å². The summed E-state index contributed by atoms with van der Waals surface area (Å²) >= 11 is 0. The summed E-state index contributed by atoms with van der Waals surface area (Å²) in [6, 6.07) is 15.4. The Kier molecular flexibility index (Phi) is 5.49. The molecule has 164 valence electrons. The number of fused-ring (bicyclic) bond motifs is 1. The molecule has 0 unspecified atom stereocenters. The average molecular weight is 432 g/mol. The molecule has 0 aliphatic carbocycles. The van der Waals surface area contributed by atoms with Crippen LogP contribution in [0.5, 0.6) is 11.5 Å². The number of hydrogen-bond donors (Lipinski definition) is 1. The summed E-state index contributed by atoms with van der Waals surface area (Å²) in [6.07, 6.45) is 3.20. The summed E-state index contributed by atoms with van der Waals surface area (Å²) < 4.78 is 16.1. The van der Waals surface area contributed by atoms with Gasteiger partial charge in [-0.2, -0.15) is 4.98 Å². The first kappa shape index (κ1) is 20.1. The predicted octanol–water partition coefficient (Wildman–Crippen LogP) is 3.70. The van der Waals surface area contributed by atoms with E-state index in [1.807, 2.05) is 53.6 Å². The zero-order valence-corrected chi connectivity index (χ0v) is 17.8. The van der Waals surface area contributed by atoms with Crippen LogP contribution in [0.15, 0.2) is 59.3 Å². The number of aromatic nitrogens is 3. The molecule has 1 aliphatic heterocycles. The number of aromatic amines is 1. The Balaban J connectivity index is 1.09. The van der Waals surface area contributed by atoms with Crippen molar-refractivity contribution in [3.8, 4) is 11.5 Å². The van der Waals surface area contributed by atoms with Crippen molar-refractivity contribution in [2.24, 2.45) is 0 Å². The van der Waals surface area contributed by atoms with Crippen LogP contribution in [0.1, 0.15) is 29.6 Å². The van der Waals surface area contributed by atoms with Gasteiger partial charge in [0.05, 0.1) is 13.0 Å². The minimum absolute atomic E-state index is 0.102. The van der Waals surface area contributed by atoms with Crippen LogP contribution in [0.3, 0.4) is 0 Å². The van der Waals surface area contributed by atoms with Gasteiger partial charge in [0.15, 0.2) is 12.4 Å². The van der Waals surface area contributed by atoms with Crippen molar-refractivity contribution in [2.75, 3.05) is 20.2 Å². The summed E-state index contributed by atoms with van der Waals surface area (Å²) in [7, 11) is 1.62. The third-order valence-electron chi connectivity index (χ3n) is 5.79. The van der Waals surface area contributed by atoms with Crippen molar-refractivity contribution in [1.29, 1.82) is 0 Å². The van der Waals surface area contributed by atoms with Gasteiger partial charge < -0.3 is 23.9 Å². The maximum Gasteiger partial charge on any atom is 0.264 e. The fourth-order valence-corrected chi connectivity index (χ4v) is 3.89. The minimum atomic E-state index is 0.102. The van der Waals surface area contributed by atoms with Gasteiger partial charge in [0, 0.05) is 36.6 Å². The Morgan fingerprint density at radius 1 is 1.16 bits per heavy atom. The number of ether oxygens (including phenoxy) is 2. The van der Waals surface area contributed by atoms with E-state index in [-0.39, 0.29) is 18.4 Å². The highest BCUT2D eigenvalue weighted by atomic mass is 16.5. The average Bonchev–Trinajstić information content (AvgIpc) is 3.43. The first-order valence-electron chi connectivity index (χ1n) is 10.6. The van der Waals surface area contributed by atoms with Crippen LogP contribution in [0.25, 0.3) is 10.9 Å². The first-order valence-corrected chi connectivity index (χ1v) is 10.6. The lowest BCUT2D eigenvalue weighted by Crippen LogP contribution is -2.48. The molecule has 1 N–H and O–H groups in total. The van der Waals surface area contributed by atoms with Gasteiger partial charge in [0.2, 0.25) is 5.91 Å². The van der Waals surface area contributed by atoms with Crippen LogP contribution in [-0.4, -0.2) is 46.1 Å². The third-order valence-corrected chi connectivity index (χ3v) is 5.79. The van der Waals surface area contributed by atoms with Crippen molar-refractivity contribution in [3.05, 3.63) is 72.0 Å². The number of para-hydroxylation sites is 1. The number of H-pyrrole nitrogens is 1. The van der Waals surface area contributed by atoms with Gasteiger partial charge in [-0.1, -0.05) is 23.4 Å². The Bertz CT molecular complexity index is 1210. The molecule has 0 radical (unpaired) electrons. The summed E-state index contributed by atoms with van der Waals surface area (Å²) in [6.45, 7) is 1.43. The molecule has 8 nitrogen and oxygen atoms in total. The Labute approximate surface area is 185 Å². The lowest BCUT2D eigenvalue weighted by atomic mass is 9.98. The topological polar surface area (TPSA) is 93.5 Å². The number of likely N-dealkylation sites (tertiary alicyclic amines) is 1. The number of hydrogen-bond acceptors (Lipinski definition) is 6. The van der Waals surface area contributed by atoms with E-state index in [0.717, 1.165) is 17.7 Å². The van der Waals surface area contributed by atoms with E-state index in [9.17, 15) is 4.79 Å². The number of rotatable bonds is 8. The highest BCUT2D eigenvalue weighted by Crippen LogP contribution is 2.27. The van der Waals surface area contributed by atoms with Gasteiger partial charge in [-0.25, -0.2) is 0 Å². The Hall–Kier alpha value is -3.81. The monoisotopic (exact) mass is 432 g/mol. The molecule has 8 heteroatoms. The highest BCUT2D eigenvalue weighted by molar-refractivity contribution is 5.84. The van der Waals surface area contributed by atoms with Crippen LogP contribution in [0.4, 0.5) is 0 Å². The molecule has 1 fully saturated rings. The van der Waals surface area contributed by atoms with Gasteiger partial charge >= 0.3 is 0 Å². The maximum atomic E-state index is 12.6. The lowest BCUT2D eigenvalue weighted by Gasteiger charge is -2.37. The van der Waals surface area contributed by atoms with E-state index < -0.39 is 0 Å². The normalized spacial score (nSPS) is 13.8. The second-order valence-corrected chi connectivity index (χ2v) is 7.87. The number of nitrogens with zero attached hydrogens (tertiary/aromatic N) is 3. The molecular weight excluding hydrogens is 408 g/mol. The SMILES string of the molecule is COc1ccc(OCc2nc(C3CN(C(=O)CCc4c[nH]c5ccccc45)C3)no2)cc1. The fraction of sp³-hybridized carbons (Fsp3) is 0.292. The maximum absolute atomic E-state index is 12.6. The van der Waals surface area contributed by atoms with Crippen LogP contribution >= 0.6 is 0 Å². The van der Waals surface area contributed by atoms with E-state index in [1.54, 1.807) is 7.11 Å². The standard InChI is InChI=1S/C24H24N4O4/c1-30-18-7-9-19(10-8-18)31-15-22-26-24(27-32-22)17-13-28(14-17)23(29)11-6-16-12-25-21-5-3-2-4-20(16)21/h2-5,7-10,12,17,25H,6,11,13-15H2,1H3. The molecule has 1 aliphatic rings. The van der Waals surface area contributed by atoms with Gasteiger partial charge in [-0.3, -0.25) is 4.79 Å². The van der Waals surface area contributed by atoms with Crippen molar-refractivity contribution in [3.63, 3.8) is 0 Å². The number of amides is 1. The van der Waals surface area contributed by atoms with Crippen LogP contribution in [0, 0.1) is 0 Å².